The maximum atomic E-state index is 14.7. The summed E-state index contributed by atoms with van der Waals surface area (Å²) in [6, 6.07) is 15.9. The molecule has 0 unspecified atom stereocenters. The van der Waals surface area contributed by atoms with Crippen LogP contribution in [0.1, 0.15) is 59.7 Å². The molecule has 0 atom stereocenters. The number of amides is 1. The zero-order valence-electron chi connectivity index (χ0n) is 23.4. The molecule has 8 heteroatoms. The fourth-order valence-corrected chi connectivity index (χ4v) is 6.96. The lowest BCUT2D eigenvalue weighted by atomic mass is 9.89. The Morgan fingerprint density at radius 2 is 1.63 bits per heavy atom. The van der Waals surface area contributed by atoms with Crippen LogP contribution in [0.4, 0.5) is 8.78 Å². The van der Waals surface area contributed by atoms with E-state index in [1.807, 2.05) is 77.0 Å². The third kappa shape index (κ3) is 5.95. The smallest absolute Gasteiger partial charge is 0.251 e. The molecular formula is C33H33F2IN2O3. The van der Waals surface area contributed by atoms with Crippen molar-refractivity contribution in [3.8, 4) is 16.9 Å². The predicted molar refractivity (Wildman–Crippen MR) is 165 cm³/mol. The van der Waals surface area contributed by atoms with Crippen LogP contribution >= 0.6 is 22.6 Å². The fraction of sp³-hybridized carbons (Fsp3) is 0.333. The molecule has 0 aromatic heterocycles. The summed E-state index contributed by atoms with van der Waals surface area (Å²) >= 11 is 1.99. The maximum absolute atomic E-state index is 14.7. The number of carbonyl (C=O) groups excluding carboxylic acids is 2. The van der Waals surface area contributed by atoms with E-state index in [9.17, 15) is 18.4 Å². The largest absolute Gasteiger partial charge is 0.496 e. The zero-order chi connectivity index (χ0) is 29.3. The average Bonchev–Trinajstić information content (AvgIpc) is 3.35. The van der Waals surface area contributed by atoms with E-state index >= 15 is 0 Å². The standard InChI is InChI=1S/C33H33F2IN2O3/c1-19(39)20-4-6-21(7-5-20)22-8-15-30(41-3)23(16-22)18-38(25-11-9-24(37-2)10-12-25)33(40)27-17-26-28(34)13-14-29(35)31(26)32(27)36/h4-8,13-16,24-25,37H,9-12,17-18H2,1-3H3. The molecule has 0 bridgehead atoms. The van der Waals surface area contributed by atoms with Crippen molar-refractivity contribution in [3.05, 3.63) is 94.1 Å². The quantitative estimate of drug-likeness (QED) is 0.205. The van der Waals surface area contributed by atoms with Gasteiger partial charge in [-0.15, -0.1) is 0 Å². The summed E-state index contributed by atoms with van der Waals surface area (Å²) in [6.45, 7) is 1.84. The topological polar surface area (TPSA) is 58.6 Å². The Balaban J connectivity index is 1.51. The van der Waals surface area contributed by atoms with Gasteiger partial charge in [0.2, 0.25) is 0 Å². The van der Waals surface area contributed by atoms with Crippen LogP contribution in [0.5, 0.6) is 5.75 Å². The Morgan fingerprint density at radius 1 is 0.976 bits per heavy atom. The number of nitrogens with one attached hydrogen (secondary N) is 1. The Kier molecular flexibility index (Phi) is 8.89. The van der Waals surface area contributed by atoms with Gasteiger partial charge in [-0.3, -0.25) is 9.59 Å². The van der Waals surface area contributed by atoms with Gasteiger partial charge in [0, 0.05) is 56.5 Å². The first kappa shape index (κ1) is 29.4. The minimum atomic E-state index is -0.514. The lowest BCUT2D eigenvalue weighted by Crippen LogP contribution is -2.45. The molecule has 3 aromatic rings. The SMILES string of the molecule is CNC1CCC(N(Cc2cc(-c3ccc(C(C)=O)cc3)ccc2OC)C(=O)C2=C(I)c3c(F)ccc(F)c3C2)CC1. The summed E-state index contributed by atoms with van der Waals surface area (Å²) in [7, 11) is 3.56. The van der Waals surface area contributed by atoms with Gasteiger partial charge in [0.25, 0.3) is 5.91 Å². The summed E-state index contributed by atoms with van der Waals surface area (Å²) in [4.78, 5) is 27.9. The average molecular weight is 671 g/mol. The number of halogens is 3. The summed E-state index contributed by atoms with van der Waals surface area (Å²) in [5.74, 6) is -0.543. The Morgan fingerprint density at radius 3 is 2.24 bits per heavy atom. The molecule has 41 heavy (non-hydrogen) atoms. The number of ketones is 1. The Bertz CT molecular complexity index is 1510. The first-order valence-corrected chi connectivity index (χ1v) is 14.9. The normalized spacial score (nSPS) is 18.3. The Hall–Kier alpha value is -3.11. The third-order valence-electron chi connectivity index (χ3n) is 8.35. The van der Waals surface area contributed by atoms with E-state index < -0.39 is 11.6 Å². The number of nitrogens with zero attached hydrogens (tertiary/aromatic N) is 1. The number of Topliss-reactive ketones (excluding diaryl/α,β-unsaturated/α-hetero) is 1. The number of hydrogen-bond donors (Lipinski definition) is 1. The van der Waals surface area contributed by atoms with Gasteiger partial charge in [-0.2, -0.15) is 0 Å². The molecule has 0 saturated heterocycles. The van der Waals surface area contributed by atoms with Gasteiger partial charge in [-0.05, 0) is 97.6 Å². The van der Waals surface area contributed by atoms with E-state index in [2.05, 4.69) is 5.32 Å². The number of benzene rings is 3. The van der Waals surface area contributed by atoms with E-state index in [0.29, 0.717) is 33.1 Å². The summed E-state index contributed by atoms with van der Waals surface area (Å²) in [5.41, 5.74) is 4.23. The highest BCUT2D eigenvalue weighted by Gasteiger charge is 2.36. The second kappa shape index (κ2) is 12.4. The minimum absolute atomic E-state index is 0.00637. The monoisotopic (exact) mass is 670 g/mol. The van der Waals surface area contributed by atoms with Crippen molar-refractivity contribution in [1.29, 1.82) is 0 Å². The van der Waals surface area contributed by atoms with Crippen molar-refractivity contribution in [2.24, 2.45) is 0 Å². The number of hydrogen-bond acceptors (Lipinski definition) is 4. The molecule has 1 saturated carbocycles. The van der Waals surface area contributed by atoms with Crippen molar-refractivity contribution in [2.75, 3.05) is 14.2 Å². The summed E-state index contributed by atoms with van der Waals surface area (Å²) in [6.07, 6.45) is 3.59. The van der Waals surface area contributed by atoms with E-state index in [1.165, 1.54) is 0 Å². The molecule has 1 N–H and O–H groups in total. The van der Waals surface area contributed by atoms with Crippen molar-refractivity contribution in [3.63, 3.8) is 0 Å². The van der Waals surface area contributed by atoms with Gasteiger partial charge in [0.1, 0.15) is 17.4 Å². The van der Waals surface area contributed by atoms with E-state index in [1.54, 1.807) is 14.0 Å². The molecule has 1 amide bonds. The molecule has 0 aliphatic heterocycles. The molecule has 5 rings (SSSR count). The van der Waals surface area contributed by atoms with E-state index in [-0.39, 0.29) is 35.3 Å². The van der Waals surface area contributed by atoms with Crippen LogP contribution in [0.3, 0.4) is 0 Å². The van der Waals surface area contributed by atoms with Gasteiger partial charge in [-0.1, -0.05) is 30.3 Å². The highest BCUT2D eigenvalue weighted by molar-refractivity contribution is 14.1. The first-order chi connectivity index (χ1) is 19.7. The molecule has 2 aliphatic carbocycles. The molecule has 0 radical (unpaired) electrons. The summed E-state index contributed by atoms with van der Waals surface area (Å²) in [5, 5.41) is 3.35. The number of ether oxygens (including phenoxy) is 1. The second-order valence-corrected chi connectivity index (χ2v) is 11.8. The zero-order valence-corrected chi connectivity index (χ0v) is 25.6. The highest BCUT2D eigenvalue weighted by atomic mass is 127. The molecule has 0 spiro atoms. The predicted octanol–water partition coefficient (Wildman–Crippen LogP) is 7.10. The molecule has 3 aromatic carbocycles. The number of fused-ring (bicyclic) bond motifs is 1. The van der Waals surface area contributed by atoms with Gasteiger partial charge in [0.05, 0.1) is 7.11 Å². The van der Waals surface area contributed by atoms with Gasteiger partial charge < -0.3 is 15.0 Å². The molecule has 214 valence electrons. The Labute approximate surface area is 253 Å². The van der Waals surface area contributed by atoms with Crippen LogP contribution in [0.2, 0.25) is 0 Å². The van der Waals surface area contributed by atoms with Crippen molar-refractivity contribution in [2.45, 2.75) is 57.7 Å². The van der Waals surface area contributed by atoms with Crippen molar-refractivity contribution >= 4 is 37.9 Å². The van der Waals surface area contributed by atoms with Crippen molar-refractivity contribution in [1.82, 2.24) is 10.2 Å². The summed E-state index contributed by atoms with van der Waals surface area (Å²) < 4.78 is 35.6. The maximum Gasteiger partial charge on any atom is 0.251 e. The van der Waals surface area contributed by atoms with E-state index in [4.69, 9.17) is 4.74 Å². The lowest BCUT2D eigenvalue weighted by Gasteiger charge is -2.37. The van der Waals surface area contributed by atoms with E-state index in [0.717, 1.165) is 54.5 Å². The molecule has 0 heterocycles. The minimum Gasteiger partial charge on any atom is -0.496 e. The number of rotatable bonds is 8. The van der Waals surface area contributed by atoms with Crippen LogP contribution in [0, 0.1) is 11.6 Å². The number of methoxy groups -OCH3 is 1. The van der Waals surface area contributed by atoms with Crippen LogP contribution < -0.4 is 10.1 Å². The molecule has 2 aliphatic rings. The highest BCUT2D eigenvalue weighted by Crippen LogP contribution is 2.42. The van der Waals surface area contributed by atoms with Crippen molar-refractivity contribution < 1.29 is 23.1 Å². The molecular weight excluding hydrogens is 637 g/mol. The van der Waals surface area contributed by atoms with Crippen LogP contribution in [-0.2, 0) is 17.8 Å². The second-order valence-electron chi connectivity index (χ2n) is 10.7. The van der Waals surface area contributed by atoms with Crippen LogP contribution in [0.15, 0.2) is 60.2 Å². The molecule has 5 nitrogen and oxygen atoms in total. The first-order valence-electron chi connectivity index (χ1n) is 13.8. The number of carbonyl (C=O) groups is 2. The van der Waals surface area contributed by atoms with Gasteiger partial charge in [0.15, 0.2) is 5.78 Å². The third-order valence-corrected chi connectivity index (χ3v) is 9.54. The lowest BCUT2D eigenvalue weighted by molar-refractivity contribution is -0.130. The fourth-order valence-electron chi connectivity index (χ4n) is 5.96. The van der Waals surface area contributed by atoms with Gasteiger partial charge in [-0.25, -0.2) is 8.78 Å². The molecule has 1 fully saturated rings. The van der Waals surface area contributed by atoms with Gasteiger partial charge >= 0.3 is 0 Å². The van der Waals surface area contributed by atoms with Crippen LogP contribution in [0.25, 0.3) is 14.7 Å². The van der Waals surface area contributed by atoms with Crippen LogP contribution in [-0.4, -0.2) is 42.8 Å².